The first kappa shape index (κ1) is 20.2. The quantitative estimate of drug-likeness (QED) is 0.460. The number of carbonyl (C=O) groups excluding carboxylic acids is 1. The van der Waals surface area contributed by atoms with Crippen molar-refractivity contribution in [1.29, 1.82) is 0 Å². The van der Waals surface area contributed by atoms with Gasteiger partial charge in [-0.15, -0.1) is 10.2 Å². The Labute approximate surface area is 179 Å². The minimum atomic E-state index is -0.261. The van der Waals surface area contributed by atoms with Crippen molar-refractivity contribution in [2.45, 2.75) is 6.42 Å². The summed E-state index contributed by atoms with van der Waals surface area (Å²) in [5.41, 5.74) is 2.55. The van der Waals surface area contributed by atoms with E-state index < -0.39 is 0 Å². The predicted molar refractivity (Wildman–Crippen MR) is 116 cm³/mol. The standard InChI is InChI=1S/C24H21N3O4/c1-29-20-9-5-6-10-21(20)30-16-22(28)25-19-13-11-17(12-14-19)15-23-26-27-24(31-23)18-7-3-2-4-8-18/h2-14H,15-16H2,1H3,(H,25,28). The van der Waals surface area contributed by atoms with Crippen LogP contribution < -0.4 is 14.8 Å². The summed E-state index contributed by atoms with van der Waals surface area (Å²) in [6, 6.07) is 24.3. The summed E-state index contributed by atoms with van der Waals surface area (Å²) in [5.74, 6) is 1.86. The molecule has 1 aromatic heterocycles. The van der Waals surface area contributed by atoms with Crippen LogP contribution in [0.4, 0.5) is 5.69 Å². The third kappa shape index (κ3) is 5.27. The molecule has 0 radical (unpaired) electrons. The molecular weight excluding hydrogens is 394 g/mol. The lowest BCUT2D eigenvalue weighted by atomic mass is 10.1. The third-order valence-electron chi connectivity index (χ3n) is 4.51. The molecule has 0 bridgehead atoms. The monoisotopic (exact) mass is 415 g/mol. The van der Waals surface area contributed by atoms with E-state index in [1.807, 2.05) is 66.7 Å². The first-order valence-electron chi connectivity index (χ1n) is 9.73. The first-order chi connectivity index (χ1) is 15.2. The number of nitrogens with zero attached hydrogens (tertiary/aromatic N) is 2. The van der Waals surface area contributed by atoms with Crippen molar-refractivity contribution in [3.63, 3.8) is 0 Å². The first-order valence-corrected chi connectivity index (χ1v) is 9.73. The van der Waals surface area contributed by atoms with Gasteiger partial charge in [0.05, 0.1) is 13.5 Å². The zero-order valence-electron chi connectivity index (χ0n) is 16.9. The highest BCUT2D eigenvalue weighted by atomic mass is 16.5. The smallest absolute Gasteiger partial charge is 0.262 e. The molecule has 31 heavy (non-hydrogen) atoms. The van der Waals surface area contributed by atoms with Crippen LogP contribution in [0.25, 0.3) is 11.5 Å². The van der Waals surface area contributed by atoms with Crippen molar-refractivity contribution in [3.8, 4) is 23.0 Å². The fourth-order valence-corrected chi connectivity index (χ4v) is 2.98. The maximum absolute atomic E-state index is 12.2. The number of nitrogens with one attached hydrogen (secondary N) is 1. The van der Waals surface area contributed by atoms with Crippen molar-refractivity contribution in [3.05, 3.63) is 90.3 Å². The number of hydrogen-bond acceptors (Lipinski definition) is 6. The van der Waals surface area contributed by atoms with Gasteiger partial charge >= 0.3 is 0 Å². The molecule has 0 aliphatic carbocycles. The Morgan fingerprint density at radius 2 is 1.61 bits per heavy atom. The number of carbonyl (C=O) groups is 1. The van der Waals surface area contributed by atoms with Crippen LogP contribution in [-0.2, 0) is 11.2 Å². The minimum Gasteiger partial charge on any atom is -0.493 e. The normalized spacial score (nSPS) is 10.5. The highest BCUT2D eigenvalue weighted by Gasteiger charge is 2.10. The molecule has 1 heterocycles. The number of aromatic nitrogens is 2. The van der Waals surface area contributed by atoms with Crippen molar-refractivity contribution in [2.24, 2.45) is 0 Å². The molecule has 0 saturated heterocycles. The Kier molecular flexibility index (Phi) is 6.23. The van der Waals surface area contributed by atoms with Crippen LogP contribution in [0.1, 0.15) is 11.5 Å². The van der Waals surface area contributed by atoms with Crippen LogP contribution in [0, 0.1) is 0 Å². The summed E-state index contributed by atoms with van der Waals surface area (Å²) in [6.07, 6.45) is 0.505. The van der Waals surface area contributed by atoms with Crippen LogP contribution in [0.15, 0.2) is 83.3 Å². The average molecular weight is 415 g/mol. The average Bonchev–Trinajstić information content (AvgIpc) is 3.28. The Bertz CT molecular complexity index is 1140. The van der Waals surface area contributed by atoms with Gasteiger partial charge in [0.15, 0.2) is 18.1 Å². The van der Waals surface area contributed by atoms with Crippen LogP contribution in [0.2, 0.25) is 0 Å². The molecule has 0 unspecified atom stereocenters. The molecule has 0 aliphatic heterocycles. The summed E-state index contributed by atoms with van der Waals surface area (Å²) < 4.78 is 16.5. The van der Waals surface area contributed by atoms with E-state index in [9.17, 15) is 4.79 Å². The molecular formula is C24H21N3O4. The molecule has 0 spiro atoms. The van der Waals surface area contributed by atoms with Gasteiger partial charge in [-0.05, 0) is 42.0 Å². The summed E-state index contributed by atoms with van der Waals surface area (Å²) in [7, 11) is 1.56. The maximum atomic E-state index is 12.2. The predicted octanol–water partition coefficient (Wildman–Crippen LogP) is 4.35. The molecule has 7 nitrogen and oxygen atoms in total. The summed E-state index contributed by atoms with van der Waals surface area (Å²) in [6.45, 7) is -0.119. The van der Waals surface area contributed by atoms with Gasteiger partial charge < -0.3 is 19.2 Å². The number of para-hydroxylation sites is 2. The highest BCUT2D eigenvalue weighted by Crippen LogP contribution is 2.25. The molecule has 0 atom stereocenters. The maximum Gasteiger partial charge on any atom is 0.262 e. The summed E-state index contributed by atoms with van der Waals surface area (Å²) >= 11 is 0. The summed E-state index contributed by atoms with van der Waals surface area (Å²) in [5, 5.41) is 11.0. The Balaban J connectivity index is 1.31. The molecule has 0 saturated carbocycles. The van der Waals surface area contributed by atoms with Gasteiger partial charge in [-0.3, -0.25) is 4.79 Å². The second kappa shape index (κ2) is 9.58. The van der Waals surface area contributed by atoms with Gasteiger partial charge in [-0.1, -0.05) is 42.5 Å². The van der Waals surface area contributed by atoms with Gasteiger partial charge in [0.25, 0.3) is 5.91 Å². The largest absolute Gasteiger partial charge is 0.493 e. The SMILES string of the molecule is COc1ccccc1OCC(=O)Nc1ccc(Cc2nnc(-c3ccccc3)o2)cc1. The van der Waals surface area contributed by atoms with E-state index in [1.165, 1.54) is 0 Å². The van der Waals surface area contributed by atoms with Crippen LogP contribution in [-0.4, -0.2) is 29.8 Å². The molecule has 0 fully saturated rings. The van der Waals surface area contributed by atoms with Gasteiger partial charge in [-0.25, -0.2) is 0 Å². The van der Waals surface area contributed by atoms with Gasteiger partial charge in [-0.2, -0.15) is 0 Å². The number of methoxy groups -OCH3 is 1. The minimum absolute atomic E-state index is 0.119. The lowest BCUT2D eigenvalue weighted by Gasteiger charge is -2.10. The molecule has 4 aromatic rings. The van der Waals surface area contributed by atoms with Gasteiger partial charge in [0.1, 0.15) is 0 Å². The fraction of sp³-hybridized carbons (Fsp3) is 0.125. The number of hydrogen-bond donors (Lipinski definition) is 1. The van der Waals surface area contributed by atoms with E-state index in [2.05, 4.69) is 15.5 Å². The van der Waals surface area contributed by atoms with Crippen molar-refractivity contribution in [1.82, 2.24) is 10.2 Å². The zero-order valence-corrected chi connectivity index (χ0v) is 16.9. The number of rotatable bonds is 8. The van der Waals surface area contributed by atoms with E-state index in [0.29, 0.717) is 35.4 Å². The van der Waals surface area contributed by atoms with Crippen molar-refractivity contribution in [2.75, 3.05) is 19.0 Å². The molecule has 0 aliphatic rings. The van der Waals surface area contributed by atoms with E-state index in [0.717, 1.165) is 11.1 Å². The van der Waals surface area contributed by atoms with Crippen LogP contribution >= 0.6 is 0 Å². The zero-order chi connectivity index (χ0) is 21.5. The van der Waals surface area contributed by atoms with E-state index >= 15 is 0 Å². The number of amides is 1. The molecule has 7 heteroatoms. The van der Waals surface area contributed by atoms with E-state index in [1.54, 1.807) is 19.2 Å². The molecule has 4 rings (SSSR count). The van der Waals surface area contributed by atoms with E-state index in [-0.39, 0.29) is 12.5 Å². The second-order valence-electron chi connectivity index (χ2n) is 6.73. The molecule has 156 valence electrons. The lowest BCUT2D eigenvalue weighted by Crippen LogP contribution is -2.20. The second-order valence-corrected chi connectivity index (χ2v) is 6.73. The molecule has 1 amide bonds. The summed E-state index contributed by atoms with van der Waals surface area (Å²) in [4.78, 5) is 12.2. The Morgan fingerprint density at radius 3 is 2.35 bits per heavy atom. The lowest BCUT2D eigenvalue weighted by molar-refractivity contribution is -0.118. The fourth-order valence-electron chi connectivity index (χ4n) is 2.98. The molecule has 1 N–H and O–H groups in total. The van der Waals surface area contributed by atoms with Gasteiger partial charge in [0.2, 0.25) is 11.8 Å². The number of anilines is 1. The van der Waals surface area contributed by atoms with E-state index in [4.69, 9.17) is 13.9 Å². The molecule has 3 aromatic carbocycles. The highest BCUT2D eigenvalue weighted by molar-refractivity contribution is 5.91. The van der Waals surface area contributed by atoms with Crippen LogP contribution in [0.5, 0.6) is 11.5 Å². The van der Waals surface area contributed by atoms with Crippen molar-refractivity contribution >= 4 is 11.6 Å². The van der Waals surface area contributed by atoms with Crippen molar-refractivity contribution < 1.29 is 18.7 Å². The third-order valence-corrected chi connectivity index (χ3v) is 4.51. The number of ether oxygens (including phenoxy) is 2. The number of benzene rings is 3. The Morgan fingerprint density at radius 1 is 0.903 bits per heavy atom. The van der Waals surface area contributed by atoms with Gasteiger partial charge in [0, 0.05) is 11.3 Å². The Hall–Kier alpha value is -4.13. The topological polar surface area (TPSA) is 86.5 Å². The van der Waals surface area contributed by atoms with Crippen LogP contribution in [0.3, 0.4) is 0 Å².